The lowest BCUT2D eigenvalue weighted by Gasteiger charge is -2.03. The second-order valence-electron chi connectivity index (χ2n) is 3.07. The molecule has 0 aliphatic heterocycles. The third-order valence-corrected chi connectivity index (χ3v) is 3.03. The fourth-order valence-corrected chi connectivity index (χ4v) is 1.70. The summed E-state index contributed by atoms with van der Waals surface area (Å²) in [5.74, 6) is 0.533. The van der Waals surface area contributed by atoms with Gasteiger partial charge < -0.3 is 0 Å². The molecule has 0 radical (unpaired) electrons. The number of rotatable bonds is 2. The summed E-state index contributed by atoms with van der Waals surface area (Å²) in [6, 6.07) is 3.75. The van der Waals surface area contributed by atoms with Crippen LogP contribution in [0.15, 0.2) is 24.5 Å². The Hall–Kier alpha value is -0.900. The smallest absolute Gasteiger partial charge is 0.152 e. The average Bonchev–Trinajstić information content (AvgIpc) is 2.27. The van der Waals surface area contributed by atoms with Crippen molar-refractivity contribution in [2.24, 2.45) is 0 Å². The van der Waals surface area contributed by atoms with Gasteiger partial charge in [0, 0.05) is 18.8 Å². The molecule has 0 saturated heterocycles. The summed E-state index contributed by atoms with van der Waals surface area (Å²) in [6.45, 7) is 0. The van der Waals surface area contributed by atoms with Crippen LogP contribution in [0.2, 0.25) is 15.3 Å². The van der Waals surface area contributed by atoms with Crippen molar-refractivity contribution in [3.63, 3.8) is 0 Å². The molecule has 3 nitrogen and oxygen atoms in total. The van der Waals surface area contributed by atoms with Crippen molar-refractivity contribution < 1.29 is 0 Å². The SMILES string of the molecule is Clc1nc(Cc2ccncc2)nc(Cl)c1Cl. The van der Waals surface area contributed by atoms with Gasteiger partial charge in [-0.1, -0.05) is 34.8 Å². The molecule has 2 aromatic rings. The fourth-order valence-electron chi connectivity index (χ4n) is 1.20. The van der Waals surface area contributed by atoms with Crippen molar-refractivity contribution in [1.82, 2.24) is 15.0 Å². The largest absolute Gasteiger partial charge is 0.265 e. The van der Waals surface area contributed by atoms with Crippen LogP contribution < -0.4 is 0 Å². The van der Waals surface area contributed by atoms with Gasteiger partial charge in [-0.2, -0.15) is 0 Å². The lowest BCUT2D eigenvalue weighted by atomic mass is 10.2. The zero-order chi connectivity index (χ0) is 11.5. The van der Waals surface area contributed by atoms with Crippen LogP contribution in [-0.2, 0) is 6.42 Å². The van der Waals surface area contributed by atoms with Gasteiger partial charge in [0.2, 0.25) is 0 Å². The van der Waals surface area contributed by atoms with E-state index >= 15 is 0 Å². The van der Waals surface area contributed by atoms with Crippen LogP contribution in [0.5, 0.6) is 0 Å². The standard InChI is InChI=1S/C10H6Cl3N3/c11-8-9(12)15-7(16-10(8)13)5-6-1-3-14-4-2-6/h1-4H,5H2. The third kappa shape index (κ3) is 2.61. The number of hydrogen-bond acceptors (Lipinski definition) is 3. The molecule has 0 spiro atoms. The van der Waals surface area contributed by atoms with Crippen LogP contribution in [0.25, 0.3) is 0 Å². The highest BCUT2D eigenvalue weighted by molar-refractivity contribution is 6.46. The minimum atomic E-state index is 0.172. The number of hydrogen-bond donors (Lipinski definition) is 0. The maximum Gasteiger partial charge on any atom is 0.152 e. The first-order chi connectivity index (χ1) is 7.66. The van der Waals surface area contributed by atoms with Gasteiger partial charge in [-0.25, -0.2) is 9.97 Å². The number of nitrogens with zero attached hydrogens (tertiary/aromatic N) is 3. The molecule has 6 heteroatoms. The van der Waals surface area contributed by atoms with Gasteiger partial charge in [-0.05, 0) is 17.7 Å². The first-order valence-electron chi connectivity index (χ1n) is 4.43. The molecule has 0 fully saturated rings. The zero-order valence-corrected chi connectivity index (χ0v) is 10.3. The van der Waals surface area contributed by atoms with E-state index in [0.717, 1.165) is 5.56 Å². The van der Waals surface area contributed by atoms with Gasteiger partial charge in [0.25, 0.3) is 0 Å². The fraction of sp³-hybridized carbons (Fsp3) is 0.100. The van der Waals surface area contributed by atoms with Crippen molar-refractivity contribution in [2.45, 2.75) is 6.42 Å². The van der Waals surface area contributed by atoms with Crippen molar-refractivity contribution in [1.29, 1.82) is 0 Å². The molecule has 0 N–H and O–H groups in total. The Labute approximate surface area is 107 Å². The van der Waals surface area contributed by atoms with E-state index in [1.807, 2.05) is 12.1 Å². The first kappa shape index (κ1) is 11.6. The minimum absolute atomic E-state index is 0.172. The highest BCUT2D eigenvalue weighted by Gasteiger charge is 2.09. The lowest BCUT2D eigenvalue weighted by Crippen LogP contribution is -1.98. The first-order valence-corrected chi connectivity index (χ1v) is 5.56. The predicted octanol–water partition coefficient (Wildman–Crippen LogP) is 3.42. The quantitative estimate of drug-likeness (QED) is 0.788. The van der Waals surface area contributed by atoms with Crippen molar-refractivity contribution in [3.05, 3.63) is 51.2 Å². The molecular weight excluding hydrogens is 268 g/mol. The number of halogens is 3. The van der Waals surface area contributed by atoms with Crippen LogP contribution in [0.3, 0.4) is 0 Å². The van der Waals surface area contributed by atoms with Gasteiger partial charge in [-0.3, -0.25) is 4.98 Å². The second kappa shape index (κ2) is 4.95. The Kier molecular flexibility index (Phi) is 3.59. The molecule has 2 heterocycles. The Morgan fingerprint density at radius 1 is 0.938 bits per heavy atom. The molecule has 0 aromatic carbocycles. The topological polar surface area (TPSA) is 38.7 Å². The molecular formula is C10H6Cl3N3. The highest BCUT2D eigenvalue weighted by atomic mass is 35.5. The van der Waals surface area contributed by atoms with E-state index in [9.17, 15) is 0 Å². The van der Waals surface area contributed by atoms with Crippen molar-refractivity contribution in [2.75, 3.05) is 0 Å². The molecule has 0 unspecified atom stereocenters. The Bertz CT molecular complexity index is 479. The Morgan fingerprint density at radius 2 is 1.50 bits per heavy atom. The van der Waals surface area contributed by atoms with Crippen LogP contribution in [0, 0.1) is 0 Å². The Balaban J connectivity index is 2.29. The molecule has 82 valence electrons. The summed E-state index contributed by atoms with van der Waals surface area (Å²) in [5, 5.41) is 0.526. The van der Waals surface area contributed by atoms with Crippen LogP contribution in [0.1, 0.15) is 11.4 Å². The summed E-state index contributed by atoms with van der Waals surface area (Å²) in [4.78, 5) is 12.0. The monoisotopic (exact) mass is 273 g/mol. The second-order valence-corrected chi connectivity index (χ2v) is 4.16. The maximum absolute atomic E-state index is 5.81. The molecule has 0 amide bonds. The molecule has 16 heavy (non-hydrogen) atoms. The molecule has 0 saturated carbocycles. The average molecular weight is 275 g/mol. The van der Waals surface area contributed by atoms with Gasteiger partial charge in [0.15, 0.2) is 10.3 Å². The van der Waals surface area contributed by atoms with Crippen molar-refractivity contribution >= 4 is 34.8 Å². The van der Waals surface area contributed by atoms with E-state index in [1.165, 1.54) is 0 Å². The summed E-state index contributed by atoms with van der Waals surface area (Å²) in [5.41, 5.74) is 1.03. The van der Waals surface area contributed by atoms with E-state index in [2.05, 4.69) is 15.0 Å². The molecule has 2 aromatic heterocycles. The molecule has 0 bridgehead atoms. The molecule has 0 aliphatic carbocycles. The van der Waals surface area contributed by atoms with Crippen LogP contribution in [-0.4, -0.2) is 15.0 Å². The van der Waals surface area contributed by atoms with Gasteiger partial charge in [0.05, 0.1) is 0 Å². The molecule has 0 aliphatic rings. The predicted molar refractivity (Wildman–Crippen MR) is 64.1 cm³/mol. The number of pyridine rings is 1. The maximum atomic E-state index is 5.81. The normalized spacial score (nSPS) is 10.4. The summed E-state index contributed by atoms with van der Waals surface area (Å²) in [7, 11) is 0. The summed E-state index contributed by atoms with van der Waals surface area (Å²) < 4.78 is 0. The lowest BCUT2D eigenvalue weighted by molar-refractivity contribution is 0.966. The molecule has 2 rings (SSSR count). The number of aromatic nitrogens is 3. The van der Waals surface area contributed by atoms with E-state index in [-0.39, 0.29) is 15.3 Å². The van der Waals surface area contributed by atoms with Gasteiger partial charge >= 0.3 is 0 Å². The highest BCUT2D eigenvalue weighted by Crippen LogP contribution is 2.26. The third-order valence-electron chi connectivity index (χ3n) is 1.93. The van der Waals surface area contributed by atoms with Crippen LogP contribution >= 0.6 is 34.8 Å². The van der Waals surface area contributed by atoms with Crippen LogP contribution in [0.4, 0.5) is 0 Å². The minimum Gasteiger partial charge on any atom is -0.265 e. The van der Waals surface area contributed by atoms with E-state index in [4.69, 9.17) is 34.8 Å². The zero-order valence-electron chi connectivity index (χ0n) is 7.99. The van der Waals surface area contributed by atoms with Gasteiger partial charge in [-0.15, -0.1) is 0 Å². The summed E-state index contributed by atoms with van der Waals surface area (Å²) >= 11 is 17.4. The Morgan fingerprint density at radius 3 is 2.06 bits per heavy atom. The van der Waals surface area contributed by atoms with E-state index < -0.39 is 0 Å². The van der Waals surface area contributed by atoms with Gasteiger partial charge in [0.1, 0.15) is 10.8 Å². The molecule has 0 atom stereocenters. The van der Waals surface area contributed by atoms with Crippen molar-refractivity contribution in [3.8, 4) is 0 Å². The summed E-state index contributed by atoms with van der Waals surface area (Å²) in [6.07, 6.45) is 3.95. The van der Waals surface area contributed by atoms with E-state index in [0.29, 0.717) is 12.2 Å². The van der Waals surface area contributed by atoms with E-state index in [1.54, 1.807) is 12.4 Å².